The molecule has 21 heavy (non-hydrogen) atoms. The Morgan fingerprint density at radius 3 is 2.71 bits per heavy atom. The maximum Gasteiger partial charge on any atom is 0.317 e. The molecule has 3 rings (SSSR count). The van der Waals surface area contributed by atoms with Crippen molar-refractivity contribution in [3.05, 3.63) is 41.8 Å². The first-order chi connectivity index (χ1) is 10.1. The molecule has 1 N–H and O–H groups in total. The largest absolute Gasteiger partial charge is 0.480 e. The molecule has 1 saturated carbocycles. The van der Waals surface area contributed by atoms with Gasteiger partial charge in [0.15, 0.2) is 0 Å². The smallest absolute Gasteiger partial charge is 0.317 e. The molecule has 0 aliphatic heterocycles. The van der Waals surface area contributed by atoms with Crippen molar-refractivity contribution >= 4 is 5.97 Å². The normalized spacial score (nSPS) is 14.6. The van der Waals surface area contributed by atoms with Crippen LogP contribution in [0.3, 0.4) is 0 Å². The lowest BCUT2D eigenvalue weighted by Gasteiger charge is -2.17. The Bertz CT molecular complexity index is 629. The molecule has 1 aromatic heterocycles. The van der Waals surface area contributed by atoms with Crippen LogP contribution >= 0.6 is 0 Å². The molecule has 0 atom stereocenters. The van der Waals surface area contributed by atoms with Crippen molar-refractivity contribution in [3.8, 4) is 11.5 Å². The fraction of sp³-hybridized carbons (Fsp3) is 0.375. The van der Waals surface area contributed by atoms with E-state index in [9.17, 15) is 4.79 Å². The van der Waals surface area contributed by atoms with Gasteiger partial charge in [0.2, 0.25) is 5.89 Å². The second-order valence-electron chi connectivity index (χ2n) is 5.54. The maximum atomic E-state index is 10.9. The van der Waals surface area contributed by atoms with E-state index in [1.54, 1.807) is 6.26 Å². The predicted molar refractivity (Wildman–Crippen MR) is 77.7 cm³/mol. The Morgan fingerprint density at radius 1 is 1.38 bits per heavy atom. The van der Waals surface area contributed by atoms with Crippen molar-refractivity contribution in [1.29, 1.82) is 0 Å². The molecule has 0 bridgehead atoms. The average molecular weight is 286 g/mol. The molecule has 2 aromatic rings. The quantitative estimate of drug-likeness (QED) is 0.884. The summed E-state index contributed by atoms with van der Waals surface area (Å²) in [4.78, 5) is 17.3. The molecule has 5 nitrogen and oxygen atoms in total. The van der Waals surface area contributed by atoms with E-state index in [1.807, 2.05) is 36.1 Å². The van der Waals surface area contributed by atoms with Gasteiger partial charge in [0.1, 0.15) is 6.26 Å². The lowest BCUT2D eigenvalue weighted by molar-refractivity contribution is -0.138. The van der Waals surface area contributed by atoms with E-state index in [0.29, 0.717) is 18.5 Å². The second-order valence-corrected chi connectivity index (χ2v) is 5.54. The lowest BCUT2D eigenvalue weighted by Crippen LogP contribution is -2.31. The van der Waals surface area contributed by atoms with Crippen molar-refractivity contribution in [3.63, 3.8) is 0 Å². The average Bonchev–Trinajstić information content (AvgIpc) is 3.19. The summed E-state index contributed by atoms with van der Waals surface area (Å²) in [5, 5.41) is 8.96. The summed E-state index contributed by atoms with van der Waals surface area (Å²) in [6.45, 7) is 2.61. The zero-order valence-corrected chi connectivity index (χ0v) is 12.0. The summed E-state index contributed by atoms with van der Waals surface area (Å²) in [6, 6.07) is 8.35. The number of aromatic nitrogens is 1. The predicted octanol–water partition coefficient (Wildman–Crippen LogP) is 2.70. The van der Waals surface area contributed by atoms with Gasteiger partial charge in [0.25, 0.3) is 0 Å². The SMILES string of the molecule is Cc1ccc(-c2nc(CN(CC(=O)O)C3CC3)co2)cc1. The van der Waals surface area contributed by atoms with Gasteiger partial charge in [-0.25, -0.2) is 4.98 Å². The summed E-state index contributed by atoms with van der Waals surface area (Å²) in [7, 11) is 0. The standard InChI is InChI=1S/C16H18N2O3/c1-11-2-4-12(5-3-11)16-17-13(10-21-16)8-18(9-15(19)20)14-6-7-14/h2-5,10,14H,6-9H2,1H3,(H,19,20). The third kappa shape index (κ3) is 3.49. The molecule has 1 aliphatic carbocycles. The van der Waals surface area contributed by atoms with Crippen molar-refractivity contribution in [2.75, 3.05) is 6.54 Å². The van der Waals surface area contributed by atoms with Crippen LogP contribution in [0.2, 0.25) is 0 Å². The zero-order valence-electron chi connectivity index (χ0n) is 12.0. The number of rotatable bonds is 6. The molecular formula is C16H18N2O3. The van der Waals surface area contributed by atoms with Gasteiger partial charge in [-0.2, -0.15) is 0 Å². The second kappa shape index (κ2) is 5.69. The monoisotopic (exact) mass is 286 g/mol. The Kier molecular flexibility index (Phi) is 3.75. The number of benzene rings is 1. The number of aliphatic carboxylic acids is 1. The van der Waals surface area contributed by atoms with Gasteiger partial charge in [-0.05, 0) is 31.9 Å². The lowest BCUT2D eigenvalue weighted by atomic mass is 10.1. The van der Waals surface area contributed by atoms with Gasteiger partial charge in [-0.3, -0.25) is 9.69 Å². The third-order valence-electron chi connectivity index (χ3n) is 3.62. The summed E-state index contributed by atoms with van der Waals surface area (Å²) in [5.41, 5.74) is 2.90. The van der Waals surface area contributed by atoms with Gasteiger partial charge in [0, 0.05) is 18.2 Å². The number of carboxylic acid groups (broad SMARTS) is 1. The van der Waals surface area contributed by atoms with E-state index in [1.165, 1.54) is 5.56 Å². The van der Waals surface area contributed by atoms with Crippen LogP contribution in [0.5, 0.6) is 0 Å². The first kappa shape index (κ1) is 13.8. The Morgan fingerprint density at radius 2 is 2.10 bits per heavy atom. The molecule has 1 fully saturated rings. The summed E-state index contributed by atoms with van der Waals surface area (Å²) in [6.07, 6.45) is 3.75. The van der Waals surface area contributed by atoms with Gasteiger partial charge in [0.05, 0.1) is 12.2 Å². The highest BCUT2D eigenvalue weighted by molar-refractivity contribution is 5.69. The van der Waals surface area contributed by atoms with Crippen molar-refractivity contribution in [2.45, 2.75) is 32.4 Å². The molecule has 0 radical (unpaired) electrons. The fourth-order valence-corrected chi connectivity index (χ4v) is 2.34. The van der Waals surface area contributed by atoms with E-state index in [2.05, 4.69) is 4.98 Å². The maximum absolute atomic E-state index is 10.9. The molecule has 5 heteroatoms. The van der Waals surface area contributed by atoms with Gasteiger partial charge in [-0.1, -0.05) is 17.7 Å². The minimum atomic E-state index is -0.802. The van der Waals surface area contributed by atoms with Crippen LogP contribution < -0.4 is 0 Å². The van der Waals surface area contributed by atoms with Crippen LogP contribution in [0, 0.1) is 6.92 Å². The van der Waals surface area contributed by atoms with Crippen LogP contribution in [0.4, 0.5) is 0 Å². The number of oxazole rings is 1. The minimum Gasteiger partial charge on any atom is -0.480 e. The van der Waals surface area contributed by atoms with Gasteiger partial charge >= 0.3 is 5.97 Å². The van der Waals surface area contributed by atoms with Crippen molar-refractivity contribution < 1.29 is 14.3 Å². The molecule has 110 valence electrons. The van der Waals surface area contributed by atoms with Crippen LogP contribution in [-0.2, 0) is 11.3 Å². The highest BCUT2D eigenvalue weighted by Gasteiger charge is 2.30. The number of hydrogen-bond donors (Lipinski definition) is 1. The Hall–Kier alpha value is -2.14. The first-order valence-electron chi connectivity index (χ1n) is 7.09. The fourth-order valence-electron chi connectivity index (χ4n) is 2.34. The van der Waals surface area contributed by atoms with E-state index in [-0.39, 0.29) is 6.54 Å². The molecular weight excluding hydrogens is 268 g/mol. The molecule has 0 spiro atoms. The molecule has 0 amide bonds. The van der Waals surface area contributed by atoms with Gasteiger partial charge in [-0.15, -0.1) is 0 Å². The summed E-state index contributed by atoms with van der Waals surface area (Å²) in [5.74, 6) is -0.222. The Balaban J connectivity index is 1.72. The molecule has 1 aromatic carbocycles. The van der Waals surface area contributed by atoms with E-state index in [0.717, 1.165) is 24.1 Å². The van der Waals surface area contributed by atoms with Crippen molar-refractivity contribution in [1.82, 2.24) is 9.88 Å². The van der Waals surface area contributed by atoms with E-state index < -0.39 is 5.97 Å². The van der Waals surface area contributed by atoms with E-state index >= 15 is 0 Å². The van der Waals surface area contributed by atoms with Crippen LogP contribution in [0.15, 0.2) is 34.9 Å². The highest BCUT2D eigenvalue weighted by Crippen LogP contribution is 2.28. The summed E-state index contributed by atoms with van der Waals surface area (Å²) < 4.78 is 5.51. The molecule has 0 unspecified atom stereocenters. The van der Waals surface area contributed by atoms with Gasteiger partial charge < -0.3 is 9.52 Å². The highest BCUT2D eigenvalue weighted by atomic mass is 16.4. The minimum absolute atomic E-state index is 0.0530. The number of nitrogens with zero attached hydrogens (tertiary/aromatic N) is 2. The van der Waals surface area contributed by atoms with Crippen LogP contribution in [0.25, 0.3) is 11.5 Å². The third-order valence-corrected chi connectivity index (χ3v) is 3.62. The number of hydrogen-bond acceptors (Lipinski definition) is 4. The van der Waals surface area contributed by atoms with Crippen LogP contribution in [0.1, 0.15) is 24.1 Å². The number of aryl methyl sites for hydroxylation is 1. The van der Waals surface area contributed by atoms with Crippen molar-refractivity contribution in [2.24, 2.45) is 0 Å². The number of carboxylic acids is 1. The molecule has 1 aliphatic rings. The molecule has 1 heterocycles. The Labute approximate surface area is 123 Å². The number of carbonyl (C=O) groups is 1. The first-order valence-corrected chi connectivity index (χ1v) is 7.09. The molecule has 0 saturated heterocycles. The summed E-state index contributed by atoms with van der Waals surface area (Å²) >= 11 is 0. The zero-order chi connectivity index (χ0) is 14.8. The van der Waals surface area contributed by atoms with E-state index in [4.69, 9.17) is 9.52 Å². The topological polar surface area (TPSA) is 66.6 Å². The van der Waals surface area contributed by atoms with Crippen LogP contribution in [-0.4, -0.2) is 33.5 Å².